The Balaban J connectivity index is 1.90. The Labute approximate surface area is 140 Å². The van der Waals surface area contributed by atoms with Gasteiger partial charge in [0.05, 0.1) is 22.5 Å². The van der Waals surface area contributed by atoms with Crippen LogP contribution in [0.15, 0.2) is 48.7 Å². The molecule has 0 radical (unpaired) electrons. The fourth-order valence-corrected chi connectivity index (χ4v) is 2.64. The van der Waals surface area contributed by atoms with Gasteiger partial charge in [-0.25, -0.2) is 4.39 Å². The van der Waals surface area contributed by atoms with Crippen molar-refractivity contribution >= 4 is 28.2 Å². The standard InChI is InChI=1S/C16H10ClFN6/c17-9-1-6-12-14(7-9)20-8-13(15(12)19)16-21-22-23-24(16)11-4-2-10(18)3-5-11/h1-8H,(H2,19,20). The smallest absolute Gasteiger partial charge is 0.190 e. The van der Waals surface area contributed by atoms with Crippen molar-refractivity contribution in [1.82, 2.24) is 25.2 Å². The van der Waals surface area contributed by atoms with E-state index in [1.54, 1.807) is 36.5 Å². The monoisotopic (exact) mass is 340 g/mol. The van der Waals surface area contributed by atoms with Crippen LogP contribution in [0, 0.1) is 5.82 Å². The van der Waals surface area contributed by atoms with Crippen LogP contribution in [0.2, 0.25) is 5.02 Å². The number of benzene rings is 2. The number of hydrogen-bond donors (Lipinski definition) is 1. The van der Waals surface area contributed by atoms with Crippen molar-refractivity contribution in [2.45, 2.75) is 0 Å². The Morgan fingerprint density at radius 1 is 1.08 bits per heavy atom. The molecule has 0 spiro atoms. The largest absolute Gasteiger partial charge is 0.398 e. The zero-order valence-corrected chi connectivity index (χ0v) is 12.9. The van der Waals surface area contributed by atoms with Crippen molar-refractivity contribution < 1.29 is 4.39 Å². The summed E-state index contributed by atoms with van der Waals surface area (Å²) in [5, 5.41) is 13.0. The number of pyridine rings is 1. The fraction of sp³-hybridized carbons (Fsp3) is 0. The summed E-state index contributed by atoms with van der Waals surface area (Å²) in [4.78, 5) is 4.37. The summed E-state index contributed by atoms with van der Waals surface area (Å²) in [7, 11) is 0. The van der Waals surface area contributed by atoms with Gasteiger partial charge in [-0.05, 0) is 52.9 Å². The van der Waals surface area contributed by atoms with Crippen molar-refractivity contribution in [3.63, 3.8) is 0 Å². The van der Waals surface area contributed by atoms with Gasteiger partial charge in [0.25, 0.3) is 0 Å². The first-order chi connectivity index (χ1) is 11.6. The molecule has 0 aliphatic rings. The highest BCUT2D eigenvalue weighted by Crippen LogP contribution is 2.31. The average Bonchev–Trinajstić information content (AvgIpc) is 3.05. The maximum absolute atomic E-state index is 13.1. The van der Waals surface area contributed by atoms with E-state index in [1.165, 1.54) is 16.8 Å². The van der Waals surface area contributed by atoms with Gasteiger partial charge >= 0.3 is 0 Å². The van der Waals surface area contributed by atoms with Gasteiger partial charge in [0.1, 0.15) is 5.82 Å². The Morgan fingerprint density at radius 2 is 1.88 bits per heavy atom. The number of fused-ring (bicyclic) bond motifs is 1. The molecule has 2 heterocycles. The van der Waals surface area contributed by atoms with Crippen LogP contribution in [-0.4, -0.2) is 25.2 Å². The first kappa shape index (κ1) is 14.5. The molecule has 2 aromatic carbocycles. The second-order valence-corrected chi connectivity index (χ2v) is 5.57. The summed E-state index contributed by atoms with van der Waals surface area (Å²) in [5.74, 6) is 0.0839. The third-order valence-electron chi connectivity index (χ3n) is 3.65. The molecule has 24 heavy (non-hydrogen) atoms. The molecule has 2 aromatic heterocycles. The molecule has 8 heteroatoms. The summed E-state index contributed by atoms with van der Waals surface area (Å²) in [5.41, 5.74) is 8.66. The van der Waals surface area contributed by atoms with Gasteiger partial charge < -0.3 is 5.73 Å². The molecule has 0 fully saturated rings. The van der Waals surface area contributed by atoms with Crippen LogP contribution in [0.1, 0.15) is 0 Å². The third-order valence-corrected chi connectivity index (χ3v) is 3.89. The zero-order valence-electron chi connectivity index (χ0n) is 12.2. The zero-order chi connectivity index (χ0) is 16.7. The van der Waals surface area contributed by atoms with E-state index in [9.17, 15) is 4.39 Å². The predicted molar refractivity (Wildman–Crippen MR) is 89.3 cm³/mol. The summed E-state index contributed by atoms with van der Waals surface area (Å²) in [6, 6.07) is 11.1. The topological polar surface area (TPSA) is 82.5 Å². The van der Waals surface area contributed by atoms with Crippen LogP contribution < -0.4 is 5.73 Å². The van der Waals surface area contributed by atoms with Gasteiger partial charge in [-0.2, -0.15) is 4.68 Å². The van der Waals surface area contributed by atoms with E-state index in [1.807, 2.05) is 0 Å². The lowest BCUT2D eigenvalue weighted by atomic mass is 10.1. The molecular formula is C16H10ClFN6. The van der Waals surface area contributed by atoms with Crippen molar-refractivity contribution in [3.8, 4) is 17.1 Å². The first-order valence-electron chi connectivity index (χ1n) is 7.02. The number of aromatic nitrogens is 5. The molecule has 0 unspecified atom stereocenters. The number of rotatable bonds is 2. The summed E-state index contributed by atoms with van der Waals surface area (Å²) < 4.78 is 14.6. The molecule has 0 amide bonds. The van der Waals surface area contributed by atoms with Gasteiger partial charge in [-0.15, -0.1) is 5.10 Å². The molecule has 118 valence electrons. The van der Waals surface area contributed by atoms with Crippen LogP contribution >= 0.6 is 11.6 Å². The van der Waals surface area contributed by atoms with Crippen molar-refractivity contribution in [3.05, 3.63) is 59.5 Å². The molecule has 0 saturated heterocycles. The quantitative estimate of drug-likeness (QED) is 0.605. The van der Waals surface area contributed by atoms with Crippen molar-refractivity contribution in [1.29, 1.82) is 0 Å². The fourth-order valence-electron chi connectivity index (χ4n) is 2.48. The summed E-state index contributed by atoms with van der Waals surface area (Å²) in [6.45, 7) is 0. The van der Waals surface area contributed by atoms with Gasteiger partial charge in [0.15, 0.2) is 5.82 Å². The Kier molecular flexibility index (Phi) is 3.35. The number of nitrogens with two attached hydrogens (primary N) is 1. The lowest BCUT2D eigenvalue weighted by Crippen LogP contribution is -2.03. The summed E-state index contributed by atoms with van der Waals surface area (Å²) >= 11 is 5.98. The third kappa shape index (κ3) is 2.35. The van der Waals surface area contributed by atoms with Gasteiger partial charge in [-0.3, -0.25) is 4.98 Å². The van der Waals surface area contributed by atoms with Gasteiger partial charge in [0, 0.05) is 16.6 Å². The van der Waals surface area contributed by atoms with E-state index >= 15 is 0 Å². The Hall–Kier alpha value is -3.06. The molecular weight excluding hydrogens is 331 g/mol. The van der Waals surface area contributed by atoms with Crippen LogP contribution in [0.5, 0.6) is 0 Å². The van der Waals surface area contributed by atoms with Crippen LogP contribution in [0.4, 0.5) is 10.1 Å². The van der Waals surface area contributed by atoms with Crippen LogP contribution in [0.25, 0.3) is 28.0 Å². The van der Waals surface area contributed by atoms with E-state index in [0.29, 0.717) is 33.3 Å². The van der Waals surface area contributed by atoms with E-state index < -0.39 is 0 Å². The first-order valence-corrected chi connectivity index (χ1v) is 7.40. The minimum Gasteiger partial charge on any atom is -0.398 e. The minimum atomic E-state index is -0.336. The lowest BCUT2D eigenvalue weighted by Gasteiger charge is -2.09. The van der Waals surface area contributed by atoms with E-state index in [4.69, 9.17) is 17.3 Å². The van der Waals surface area contributed by atoms with Crippen molar-refractivity contribution in [2.24, 2.45) is 0 Å². The average molecular weight is 341 g/mol. The molecule has 4 aromatic rings. The van der Waals surface area contributed by atoms with Crippen molar-refractivity contribution in [2.75, 3.05) is 5.73 Å². The predicted octanol–water partition coefficient (Wildman–Crippen LogP) is 3.25. The normalized spacial score (nSPS) is 11.1. The van der Waals surface area contributed by atoms with Gasteiger partial charge in [0.2, 0.25) is 0 Å². The van der Waals surface area contributed by atoms with E-state index in [0.717, 1.165) is 5.39 Å². The van der Waals surface area contributed by atoms with Gasteiger partial charge in [-0.1, -0.05) is 11.6 Å². The minimum absolute atomic E-state index is 0.336. The number of nitrogen functional groups attached to an aromatic ring is 1. The molecule has 0 aliphatic heterocycles. The molecule has 2 N–H and O–H groups in total. The second-order valence-electron chi connectivity index (χ2n) is 5.14. The number of nitrogens with zero attached hydrogens (tertiary/aromatic N) is 5. The Bertz CT molecular complexity index is 1040. The number of hydrogen-bond acceptors (Lipinski definition) is 5. The van der Waals surface area contributed by atoms with E-state index in [2.05, 4.69) is 20.5 Å². The maximum atomic E-state index is 13.1. The molecule has 4 rings (SSSR count). The summed E-state index contributed by atoms with van der Waals surface area (Å²) in [6.07, 6.45) is 1.60. The number of anilines is 1. The SMILES string of the molecule is Nc1c(-c2nnnn2-c2ccc(F)cc2)cnc2cc(Cl)ccc12. The molecule has 0 bridgehead atoms. The molecule has 0 atom stereocenters. The maximum Gasteiger partial charge on any atom is 0.190 e. The highest BCUT2D eigenvalue weighted by Gasteiger charge is 2.16. The van der Waals surface area contributed by atoms with Crippen LogP contribution in [-0.2, 0) is 0 Å². The number of halogens is 2. The Morgan fingerprint density at radius 3 is 2.67 bits per heavy atom. The van der Waals surface area contributed by atoms with Crippen LogP contribution in [0.3, 0.4) is 0 Å². The lowest BCUT2D eigenvalue weighted by molar-refractivity contribution is 0.627. The second kappa shape index (κ2) is 5.54. The number of tetrazole rings is 1. The molecule has 0 saturated carbocycles. The molecule has 6 nitrogen and oxygen atoms in total. The highest BCUT2D eigenvalue weighted by molar-refractivity contribution is 6.31. The van der Waals surface area contributed by atoms with E-state index in [-0.39, 0.29) is 5.82 Å². The molecule has 0 aliphatic carbocycles. The highest BCUT2D eigenvalue weighted by atomic mass is 35.5.